The Kier molecular flexibility index (Phi) is 5.54. The molecular weight excluding hydrogens is 260 g/mol. The van der Waals surface area contributed by atoms with Crippen molar-refractivity contribution in [2.45, 2.75) is 24.5 Å². The molecule has 0 saturated carbocycles. The van der Waals surface area contributed by atoms with Crippen LogP contribution in [-0.2, 0) is 9.53 Å². The second-order valence-electron chi connectivity index (χ2n) is 4.60. The van der Waals surface area contributed by atoms with E-state index in [1.165, 1.54) is 0 Å². The normalized spacial score (nSPS) is 16.2. The van der Waals surface area contributed by atoms with Gasteiger partial charge < -0.3 is 15.8 Å². The highest BCUT2D eigenvalue weighted by Crippen LogP contribution is 2.22. The highest BCUT2D eigenvalue weighted by atomic mass is 32.2. The largest absolute Gasteiger partial charge is 0.399 e. The second kappa shape index (κ2) is 7.40. The standard InChI is InChI=1S/C14H20N2O2S/c15-11-1-3-12(4-2-11)16-14(17)7-10-19-13-5-8-18-9-6-13/h1-4,13H,5-10,15H2,(H,16,17). The minimum atomic E-state index is 0.0596. The fourth-order valence-electron chi connectivity index (χ4n) is 1.95. The summed E-state index contributed by atoms with van der Waals surface area (Å²) in [6, 6.07) is 7.20. The van der Waals surface area contributed by atoms with E-state index in [4.69, 9.17) is 10.5 Å². The zero-order valence-corrected chi connectivity index (χ0v) is 11.7. The molecule has 1 amide bonds. The molecule has 19 heavy (non-hydrogen) atoms. The summed E-state index contributed by atoms with van der Waals surface area (Å²) < 4.78 is 5.31. The molecule has 0 unspecified atom stereocenters. The number of anilines is 2. The predicted molar refractivity (Wildman–Crippen MR) is 80.4 cm³/mol. The third-order valence-corrected chi connectivity index (χ3v) is 4.43. The lowest BCUT2D eigenvalue weighted by Gasteiger charge is -2.21. The van der Waals surface area contributed by atoms with Crippen molar-refractivity contribution in [2.75, 3.05) is 30.0 Å². The van der Waals surface area contributed by atoms with Crippen LogP contribution in [0.5, 0.6) is 0 Å². The summed E-state index contributed by atoms with van der Waals surface area (Å²) in [7, 11) is 0. The van der Waals surface area contributed by atoms with Crippen LogP contribution >= 0.6 is 11.8 Å². The van der Waals surface area contributed by atoms with Gasteiger partial charge in [0.25, 0.3) is 0 Å². The lowest BCUT2D eigenvalue weighted by Crippen LogP contribution is -2.19. The molecule has 1 aliphatic rings. The van der Waals surface area contributed by atoms with E-state index < -0.39 is 0 Å². The van der Waals surface area contributed by atoms with Crippen LogP contribution in [-0.4, -0.2) is 30.1 Å². The van der Waals surface area contributed by atoms with Crippen LogP contribution in [0.15, 0.2) is 24.3 Å². The number of hydrogen-bond donors (Lipinski definition) is 2. The fraction of sp³-hybridized carbons (Fsp3) is 0.500. The Hall–Kier alpha value is -1.20. The van der Waals surface area contributed by atoms with Gasteiger partial charge in [0, 0.05) is 42.0 Å². The van der Waals surface area contributed by atoms with Gasteiger partial charge in [-0.15, -0.1) is 0 Å². The van der Waals surface area contributed by atoms with Crippen molar-refractivity contribution < 1.29 is 9.53 Å². The van der Waals surface area contributed by atoms with E-state index in [0.29, 0.717) is 17.4 Å². The summed E-state index contributed by atoms with van der Waals surface area (Å²) in [5, 5.41) is 3.53. The van der Waals surface area contributed by atoms with Crippen LogP contribution in [0.25, 0.3) is 0 Å². The van der Waals surface area contributed by atoms with Gasteiger partial charge in [0.2, 0.25) is 5.91 Å². The molecule has 4 nitrogen and oxygen atoms in total. The molecule has 1 aromatic rings. The van der Waals surface area contributed by atoms with Crippen LogP contribution in [0.1, 0.15) is 19.3 Å². The Morgan fingerprint density at radius 3 is 2.68 bits per heavy atom. The van der Waals surface area contributed by atoms with Crippen molar-refractivity contribution in [1.82, 2.24) is 0 Å². The number of nitrogens with one attached hydrogen (secondary N) is 1. The monoisotopic (exact) mass is 280 g/mol. The first-order valence-electron chi connectivity index (χ1n) is 6.59. The van der Waals surface area contributed by atoms with Gasteiger partial charge in [-0.3, -0.25) is 4.79 Å². The van der Waals surface area contributed by atoms with E-state index >= 15 is 0 Å². The van der Waals surface area contributed by atoms with Gasteiger partial charge in [-0.2, -0.15) is 11.8 Å². The quantitative estimate of drug-likeness (QED) is 0.813. The highest BCUT2D eigenvalue weighted by molar-refractivity contribution is 7.99. The van der Waals surface area contributed by atoms with Gasteiger partial charge in [-0.05, 0) is 37.1 Å². The zero-order valence-electron chi connectivity index (χ0n) is 10.9. The maximum Gasteiger partial charge on any atom is 0.225 e. The molecule has 5 heteroatoms. The molecule has 0 atom stereocenters. The van der Waals surface area contributed by atoms with Crippen LogP contribution in [0.4, 0.5) is 11.4 Å². The molecule has 1 saturated heterocycles. The third kappa shape index (κ3) is 5.12. The van der Waals surface area contributed by atoms with E-state index in [2.05, 4.69) is 5.32 Å². The molecule has 0 bridgehead atoms. The first kappa shape index (κ1) is 14.2. The van der Waals surface area contributed by atoms with Crippen LogP contribution < -0.4 is 11.1 Å². The molecule has 0 aromatic heterocycles. The molecule has 2 rings (SSSR count). The number of nitrogen functional groups attached to an aromatic ring is 1. The van der Waals surface area contributed by atoms with Gasteiger partial charge >= 0.3 is 0 Å². The van der Waals surface area contributed by atoms with Crippen molar-refractivity contribution in [3.05, 3.63) is 24.3 Å². The average molecular weight is 280 g/mol. The van der Waals surface area contributed by atoms with E-state index in [9.17, 15) is 4.79 Å². The second-order valence-corrected chi connectivity index (χ2v) is 6.01. The Labute approximate surface area is 118 Å². The smallest absolute Gasteiger partial charge is 0.225 e. The molecular formula is C14H20N2O2S. The van der Waals surface area contributed by atoms with Gasteiger partial charge in [-0.1, -0.05) is 0 Å². The summed E-state index contributed by atoms with van der Waals surface area (Å²) in [5.41, 5.74) is 7.10. The van der Waals surface area contributed by atoms with Crippen LogP contribution in [0, 0.1) is 0 Å². The Bertz CT molecular complexity index is 402. The summed E-state index contributed by atoms with van der Waals surface area (Å²) >= 11 is 1.88. The summed E-state index contributed by atoms with van der Waals surface area (Å²) in [4.78, 5) is 11.8. The number of rotatable bonds is 5. The van der Waals surface area contributed by atoms with E-state index in [0.717, 1.165) is 37.5 Å². The molecule has 1 heterocycles. The number of carbonyl (C=O) groups excluding carboxylic acids is 1. The van der Waals surface area contributed by atoms with Crippen molar-refractivity contribution >= 4 is 29.0 Å². The summed E-state index contributed by atoms with van der Waals surface area (Å²) in [5.74, 6) is 0.926. The topological polar surface area (TPSA) is 64.3 Å². The van der Waals surface area contributed by atoms with E-state index in [1.807, 2.05) is 23.9 Å². The number of benzene rings is 1. The third-order valence-electron chi connectivity index (χ3n) is 3.05. The molecule has 0 radical (unpaired) electrons. The van der Waals surface area contributed by atoms with E-state index in [1.54, 1.807) is 12.1 Å². The molecule has 3 N–H and O–H groups in total. The van der Waals surface area contributed by atoms with Crippen LogP contribution in [0.2, 0.25) is 0 Å². The number of ether oxygens (including phenoxy) is 1. The molecule has 1 aliphatic heterocycles. The Morgan fingerprint density at radius 2 is 2.00 bits per heavy atom. The fourth-order valence-corrected chi connectivity index (χ4v) is 3.11. The Balaban J connectivity index is 1.65. The van der Waals surface area contributed by atoms with Gasteiger partial charge in [0.05, 0.1) is 0 Å². The number of carbonyl (C=O) groups is 1. The molecule has 1 aromatic carbocycles. The molecule has 0 aliphatic carbocycles. The maximum atomic E-state index is 11.8. The Morgan fingerprint density at radius 1 is 1.32 bits per heavy atom. The molecule has 104 valence electrons. The van der Waals surface area contributed by atoms with Gasteiger partial charge in [0.15, 0.2) is 0 Å². The zero-order chi connectivity index (χ0) is 13.5. The van der Waals surface area contributed by atoms with Crippen molar-refractivity contribution in [3.63, 3.8) is 0 Å². The SMILES string of the molecule is Nc1ccc(NC(=O)CCSC2CCOCC2)cc1. The van der Waals surface area contributed by atoms with E-state index in [-0.39, 0.29) is 5.91 Å². The number of nitrogens with two attached hydrogens (primary N) is 1. The molecule has 1 fully saturated rings. The minimum absolute atomic E-state index is 0.0596. The maximum absolute atomic E-state index is 11.8. The number of hydrogen-bond acceptors (Lipinski definition) is 4. The van der Waals surface area contributed by atoms with Crippen molar-refractivity contribution in [2.24, 2.45) is 0 Å². The first-order chi connectivity index (χ1) is 9.24. The lowest BCUT2D eigenvalue weighted by atomic mass is 10.2. The van der Waals surface area contributed by atoms with Crippen molar-refractivity contribution in [3.8, 4) is 0 Å². The first-order valence-corrected chi connectivity index (χ1v) is 7.63. The van der Waals surface area contributed by atoms with Gasteiger partial charge in [-0.25, -0.2) is 0 Å². The summed E-state index contributed by atoms with van der Waals surface area (Å²) in [6.45, 7) is 1.71. The highest BCUT2D eigenvalue weighted by Gasteiger charge is 2.14. The van der Waals surface area contributed by atoms with Crippen LogP contribution in [0.3, 0.4) is 0 Å². The van der Waals surface area contributed by atoms with Gasteiger partial charge in [0.1, 0.15) is 0 Å². The summed E-state index contributed by atoms with van der Waals surface area (Å²) in [6.07, 6.45) is 2.75. The lowest BCUT2D eigenvalue weighted by molar-refractivity contribution is -0.115. The molecule has 0 spiro atoms. The predicted octanol–water partition coefficient (Wildman–Crippen LogP) is 2.51. The van der Waals surface area contributed by atoms with Crippen molar-refractivity contribution in [1.29, 1.82) is 0 Å². The average Bonchev–Trinajstić information content (AvgIpc) is 2.43. The minimum Gasteiger partial charge on any atom is -0.399 e. The number of thioether (sulfide) groups is 1. The number of amides is 1.